The Kier molecular flexibility index (Phi) is 24.9. The maximum Gasteiger partial charge on any atom is 0.466 e. The van der Waals surface area contributed by atoms with Crippen molar-refractivity contribution >= 4 is 21.3 Å². The molecule has 0 aliphatic heterocycles. The Labute approximate surface area is 82.3 Å². The SMILES string of the molecule is O=P(O)(O)O.S.[Mo].[W]. The van der Waals surface area contributed by atoms with Gasteiger partial charge < -0.3 is 14.7 Å². The first-order valence-corrected chi connectivity index (χ1v) is 2.35. The van der Waals surface area contributed by atoms with E-state index >= 15 is 0 Å². The van der Waals surface area contributed by atoms with Crippen LogP contribution in [0.3, 0.4) is 0 Å². The van der Waals surface area contributed by atoms with Gasteiger partial charge in [-0.15, -0.1) is 0 Å². The average Bonchev–Trinajstić information content (AvgIpc) is 0.722. The monoisotopic (exact) mass is 414 g/mol. The van der Waals surface area contributed by atoms with Gasteiger partial charge in [-0.25, -0.2) is 4.57 Å². The van der Waals surface area contributed by atoms with Crippen molar-refractivity contribution in [1.82, 2.24) is 0 Å². The quantitative estimate of drug-likeness (QED) is 0.359. The molecule has 0 radical (unpaired) electrons. The molecule has 0 unspecified atom stereocenters. The zero-order valence-electron chi connectivity index (χ0n) is 3.51. The van der Waals surface area contributed by atoms with Gasteiger partial charge in [0.25, 0.3) is 0 Å². The van der Waals surface area contributed by atoms with Gasteiger partial charge in [-0.1, -0.05) is 0 Å². The van der Waals surface area contributed by atoms with E-state index in [4.69, 9.17) is 19.2 Å². The Morgan fingerprint density at radius 1 is 1.12 bits per heavy atom. The summed E-state index contributed by atoms with van der Waals surface area (Å²) < 4.78 is 8.88. The van der Waals surface area contributed by atoms with Gasteiger partial charge in [0.1, 0.15) is 0 Å². The van der Waals surface area contributed by atoms with Crippen molar-refractivity contribution < 1.29 is 61.4 Å². The fourth-order valence-electron chi connectivity index (χ4n) is 0. The molecule has 0 spiro atoms. The molecule has 0 atom stereocenters. The van der Waals surface area contributed by atoms with Crippen molar-refractivity contribution in [2.24, 2.45) is 0 Å². The summed E-state index contributed by atoms with van der Waals surface area (Å²) in [6.07, 6.45) is 0. The molecule has 8 heavy (non-hydrogen) atoms. The minimum Gasteiger partial charge on any atom is -0.303 e. The van der Waals surface area contributed by atoms with Gasteiger partial charge in [-0.05, 0) is 0 Å². The van der Waals surface area contributed by atoms with Gasteiger partial charge in [0.05, 0.1) is 0 Å². The van der Waals surface area contributed by atoms with E-state index < -0.39 is 7.82 Å². The fraction of sp³-hybridized carbons (Fsp3) is 0. The first-order valence-electron chi connectivity index (χ1n) is 0.783. The molecule has 0 saturated heterocycles. The van der Waals surface area contributed by atoms with Crippen molar-refractivity contribution in [3.63, 3.8) is 0 Å². The zero-order valence-corrected chi connectivity index (χ0v) is 10.3. The molecule has 0 bridgehead atoms. The normalized spacial score (nSPS) is 7.38. The minimum atomic E-state index is -4.64. The Balaban J connectivity index is -0.0000000267. The van der Waals surface area contributed by atoms with E-state index in [2.05, 4.69) is 0 Å². The predicted octanol–water partition coefficient (Wildman–Crippen LogP) is -0.821. The molecule has 0 saturated carbocycles. The molecule has 0 aromatic heterocycles. The molecule has 0 aromatic carbocycles. The van der Waals surface area contributed by atoms with Crippen molar-refractivity contribution in [3.8, 4) is 0 Å². The maximum absolute atomic E-state index is 8.88. The molecule has 3 N–H and O–H groups in total. The zero-order chi connectivity index (χ0) is 4.50. The van der Waals surface area contributed by atoms with E-state index in [1.165, 1.54) is 0 Å². The molecule has 0 aliphatic rings. The van der Waals surface area contributed by atoms with Crippen LogP contribution >= 0.6 is 21.3 Å². The Morgan fingerprint density at radius 3 is 1.12 bits per heavy atom. The third kappa shape index (κ3) is 109. The van der Waals surface area contributed by atoms with Crippen LogP contribution in [0.1, 0.15) is 0 Å². The van der Waals surface area contributed by atoms with Crippen LogP contribution in [0.15, 0.2) is 0 Å². The van der Waals surface area contributed by atoms with E-state index in [1.54, 1.807) is 0 Å². The first-order chi connectivity index (χ1) is 2.00. The van der Waals surface area contributed by atoms with Crippen LogP contribution in [0.2, 0.25) is 0 Å². The molecular formula is H5MoO4PSW. The topological polar surface area (TPSA) is 77.8 Å². The van der Waals surface area contributed by atoms with Crippen LogP contribution in [-0.4, -0.2) is 14.7 Å². The molecule has 52 valence electrons. The Morgan fingerprint density at radius 2 is 1.12 bits per heavy atom. The van der Waals surface area contributed by atoms with Crippen molar-refractivity contribution in [2.45, 2.75) is 0 Å². The molecular weight excluding hydrogens is 407 g/mol. The molecule has 0 aromatic rings. The summed E-state index contributed by atoms with van der Waals surface area (Å²) in [4.78, 5) is 21.6. The van der Waals surface area contributed by atoms with Gasteiger partial charge >= 0.3 is 7.82 Å². The van der Waals surface area contributed by atoms with Crippen molar-refractivity contribution in [3.05, 3.63) is 0 Å². The Hall–Kier alpha value is 1.84. The van der Waals surface area contributed by atoms with E-state index in [-0.39, 0.29) is 55.6 Å². The van der Waals surface area contributed by atoms with Crippen LogP contribution in [0.4, 0.5) is 0 Å². The van der Waals surface area contributed by atoms with E-state index in [0.29, 0.717) is 0 Å². The van der Waals surface area contributed by atoms with Crippen LogP contribution in [-0.2, 0) is 46.7 Å². The molecule has 8 heteroatoms. The molecule has 0 aliphatic carbocycles. The number of hydrogen-bond acceptors (Lipinski definition) is 1. The van der Waals surface area contributed by atoms with E-state index in [1.807, 2.05) is 0 Å². The summed E-state index contributed by atoms with van der Waals surface area (Å²) in [5.74, 6) is 0. The van der Waals surface area contributed by atoms with E-state index in [9.17, 15) is 0 Å². The number of phosphoric acid groups is 1. The van der Waals surface area contributed by atoms with Gasteiger partial charge in [-0.3, -0.25) is 0 Å². The van der Waals surface area contributed by atoms with Crippen LogP contribution < -0.4 is 0 Å². The summed E-state index contributed by atoms with van der Waals surface area (Å²) in [5.41, 5.74) is 0. The van der Waals surface area contributed by atoms with Crippen LogP contribution in [0, 0.1) is 0 Å². The Bertz CT molecular complexity index is 62.2. The summed E-state index contributed by atoms with van der Waals surface area (Å²) in [6.45, 7) is 0. The van der Waals surface area contributed by atoms with Gasteiger partial charge in [0, 0.05) is 42.1 Å². The average molecular weight is 412 g/mol. The molecule has 0 fully saturated rings. The van der Waals surface area contributed by atoms with Crippen molar-refractivity contribution in [1.29, 1.82) is 0 Å². The van der Waals surface area contributed by atoms with Crippen LogP contribution in [0.5, 0.6) is 0 Å². The van der Waals surface area contributed by atoms with Crippen molar-refractivity contribution in [2.75, 3.05) is 0 Å². The summed E-state index contributed by atoms with van der Waals surface area (Å²) >= 11 is 0. The fourth-order valence-corrected chi connectivity index (χ4v) is 0. The number of hydrogen-bond donors (Lipinski definition) is 3. The number of rotatable bonds is 0. The summed E-state index contributed by atoms with van der Waals surface area (Å²) in [5, 5.41) is 0. The summed E-state index contributed by atoms with van der Waals surface area (Å²) in [6, 6.07) is 0. The van der Waals surface area contributed by atoms with E-state index in [0.717, 1.165) is 0 Å². The second-order valence-electron chi connectivity index (χ2n) is 0.513. The first kappa shape index (κ1) is 22.5. The van der Waals surface area contributed by atoms with Gasteiger partial charge in [0.15, 0.2) is 0 Å². The van der Waals surface area contributed by atoms with Gasteiger partial charge in [-0.2, -0.15) is 13.5 Å². The largest absolute Gasteiger partial charge is 0.466 e. The minimum absolute atomic E-state index is 0. The molecule has 4 nitrogen and oxygen atoms in total. The maximum atomic E-state index is 8.88. The molecule has 0 rings (SSSR count). The third-order valence-electron chi connectivity index (χ3n) is 0. The second kappa shape index (κ2) is 8.84. The summed E-state index contributed by atoms with van der Waals surface area (Å²) in [7, 11) is -4.64. The van der Waals surface area contributed by atoms with Gasteiger partial charge in [0.2, 0.25) is 0 Å². The third-order valence-corrected chi connectivity index (χ3v) is 0. The van der Waals surface area contributed by atoms with Crippen LogP contribution in [0.25, 0.3) is 0 Å². The molecule has 0 amide bonds. The molecule has 0 heterocycles. The predicted molar refractivity (Wildman–Crippen MR) is 24.6 cm³/mol. The second-order valence-corrected chi connectivity index (χ2v) is 1.54. The smallest absolute Gasteiger partial charge is 0.303 e. The standard InChI is InChI=1S/Mo.H3O4P.H2S.W/c;1-5(2,3)4;;/h;(H3,1,2,3,4);1H2;.